The first-order chi connectivity index (χ1) is 34.9. The topological polar surface area (TPSA) is 6.48 Å². The van der Waals surface area contributed by atoms with Gasteiger partial charge in [0, 0.05) is 59.7 Å². The number of hydrogen-bond acceptors (Lipinski definition) is 3. The highest BCUT2D eigenvalue weighted by Crippen LogP contribution is 2.52. The maximum absolute atomic E-state index is 4.66. The summed E-state index contributed by atoms with van der Waals surface area (Å²) in [5.74, 6) is 0. The lowest BCUT2D eigenvalue weighted by Crippen LogP contribution is -2.16. The molecule has 2 aliphatic rings. The van der Waals surface area contributed by atoms with Gasteiger partial charge in [-0.1, -0.05) is 196 Å². The van der Waals surface area contributed by atoms with Gasteiger partial charge in [-0.05, 0) is 147 Å². The van der Waals surface area contributed by atoms with Gasteiger partial charge in [0.15, 0.2) is 0 Å². The second kappa shape index (κ2) is 18.4. The van der Waals surface area contributed by atoms with Crippen LogP contribution in [0.2, 0.25) is 0 Å². The molecule has 0 saturated carbocycles. The van der Waals surface area contributed by atoms with Crippen molar-refractivity contribution in [1.29, 1.82) is 0 Å². The Labute approximate surface area is 421 Å². The second-order valence-electron chi connectivity index (χ2n) is 18.9. The molecule has 1 heterocycles. The van der Waals surface area contributed by atoms with Crippen molar-refractivity contribution in [2.75, 3.05) is 9.80 Å². The van der Waals surface area contributed by atoms with Gasteiger partial charge in [0.2, 0.25) is 0 Å². The van der Waals surface area contributed by atoms with Crippen LogP contribution >= 0.6 is 11.3 Å². The van der Waals surface area contributed by atoms with Crippen molar-refractivity contribution in [2.45, 2.75) is 25.7 Å². The number of hydrogen-bond donors (Lipinski definition) is 0. The summed E-state index contributed by atoms with van der Waals surface area (Å²) >= 11 is 1.87. The van der Waals surface area contributed by atoms with E-state index in [2.05, 4.69) is 285 Å². The molecule has 340 valence electrons. The smallest absolute Gasteiger partial charge is 0.0488 e. The molecule has 2 aliphatic carbocycles. The van der Waals surface area contributed by atoms with Crippen LogP contribution in [0, 0.1) is 0 Å². The average molecular weight is 929 g/mol. The first-order valence-corrected chi connectivity index (χ1v) is 25.3. The van der Waals surface area contributed by atoms with Crippen molar-refractivity contribution in [1.82, 2.24) is 0 Å². The lowest BCUT2D eigenvalue weighted by molar-refractivity contribution is 0.654. The Bertz CT molecular complexity index is 3740. The van der Waals surface area contributed by atoms with Crippen LogP contribution in [0.5, 0.6) is 0 Å². The van der Waals surface area contributed by atoms with Gasteiger partial charge in [0.25, 0.3) is 0 Å². The SMILES string of the molecule is C=C1/C=C\C=C/C/C=C\C2=C1c1cc(-c3cc(N(c4ccccc4)c4ccc(-c5ccccc5)cc4)cc(N(c4ccccc4)c4ccc(-c5cccc6c5sc5ccccc56)cc4)c3)ccc1C2(C)C. The molecule has 0 saturated heterocycles. The maximum atomic E-state index is 4.66. The molecule has 0 amide bonds. The van der Waals surface area contributed by atoms with Gasteiger partial charge in [-0.2, -0.15) is 0 Å². The number of rotatable bonds is 9. The summed E-state index contributed by atoms with van der Waals surface area (Å²) in [4.78, 5) is 4.80. The first kappa shape index (κ1) is 43.8. The third-order valence-corrected chi connectivity index (χ3v) is 15.4. The van der Waals surface area contributed by atoms with Gasteiger partial charge < -0.3 is 9.80 Å². The van der Waals surface area contributed by atoms with Gasteiger partial charge in [-0.25, -0.2) is 0 Å². The Morgan fingerprint density at radius 3 is 1.66 bits per heavy atom. The summed E-state index contributed by atoms with van der Waals surface area (Å²) in [6.45, 7) is 9.36. The molecule has 0 radical (unpaired) electrons. The Balaban J connectivity index is 1.05. The van der Waals surface area contributed by atoms with Crippen LogP contribution in [0.3, 0.4) is 0 Å². The molecule has 0 bridgehead atoms. The van der Waals surface area contributed by atoms with E-state index in [9.17, 15) is 0 Å². The molecule has 0 aliphatic heterocycles. The number of fused-ring (bicyclic) bond motifs is 5. The van der Waals surface area contributed by atoms with E-state index in [4.69, 9.17) is 0 Å². The number of para-hydroxylation sites is 2. The van der Waals surface area contributed by atoms with Gasteiger partial charge in [-0.15, -0.1) is 11.3 Å². The maximum Gasteiger partial charge on any atom is 0.0488 e. The highest BCUT2D eigenvalue weighted by atomic mass is 32.1. The van der Waals surface area contributed by atoms with Crippen LogP contribution < -0.4 is 9.80 Å². The molecular formula is C68H52N2S. The molecular weight excluding hydrogens is 877 g/mol. The van der Waals surface area contributed by atoms with Crippen LogP contribution in [0.25, 0.3) is 59.1 Å². The van der Waals surface area contributed by atoms with Gasteiger partial charge in [0.05, 0.1) is 0 Å². The molecule has 0 N–H and O–H groups in total. The van der Waals surface area contributed by atoms with E-state index in [0.29, 0.717) is 0 Å². The Kier molecular flexibility index (Phi) is 11.4. The van der Waals surface area contributed by atoms with Gasteiger partial charge in [0.1, 0.15) is 0 Å². The Morgan fingerprint density at radius 2 is 0.986 bits per heavy atom. The summed E-state index contributed by atoms with van der Waals surface area (Å²) in [6.07, 6.45) is 14.1. The molecule has 10 aromatic rings. The van der Waals surface area contributed by atoms with Gasteiger partial charge >= 0.3 is 0 Å². The number of allylic oxidation sites excluding steroid dienone is 9. The number of benzene rings is 9. The molecule has 1 aromatic heterocycles. The van der Waals surface area contributed by atoms with E-state index in [1.54, 1.807) is 0 Å². The van der Waals surface area contributed by atoms with E-state index in [0.717, 1.165) is 57.2 Å². The van der Waals surface area contributed by atoms with E-state index in [-0.39, 0.29) is 5.41 Å². The van der Waals surface area contributed by atoms with Crippen LogP contribution in [-0.2, 0) is 5.41 Å². The van der Waals surface area contributed by atoms with Crippen molar-refractivity contribution in [3.05, 3.63) is 284 Å². The van der Waals surface area contributed by atoms with Crippen molar-refractivity contribution >= 4 is 71.2 Å². The third kappa shape index (κ3) is 8.14. The molecule has 0 unspecified atom stereocenters. The Morgan fingerprint density at radius 1 is 0.423 bits per heavy atom. The number of anilines is 6. The lowest BCUT2D eigenvalue weighted by Gasteiger charge is -2.30. The summed E-state index contributed by atoms with van der Waals surface area (Å²) < 4.78 is 2.63. The van der Waals surface area contributed by atoms with Crippen LogP contribution in [-0.4, -0.2) is 0 Å². The van der Waals surface area contributed by atoms with E-state index < -0.39 is 0 Å². The zero-order valence-electron chi connectivity index (χ0n) is 40.0. The number of nitrogens with zero attached hydrogens (tertiary/aromatic N) is 2. The summed E-state index contributed by atoms with van der Waals surface area (Å²) in [5, 5.41) is 2.61. The van der Waals surface area contributed by atoms with Gasteiger partial charge in [-0.3, -0.25) is 0 Å². The predicted octanol–water partition coefficient (Wildman–Crippen LogP) is 19.7. The molecule has 9 aromatic carbocycles. The normalized spacial score (nSPS) is 15.3. The standard InChI is InChI=1S/C68H52N2S/c1-47-21-10-5-4-6-17-31-64-66(47)62-45-51(37-42-63(62)68(64,2)3)52-43-57(69(53-24-13-8-14-25-53)55-38-33-49(34-39-55)48-22-11-7-12-23-48)46-58(44-52)70(54-26-15-9-16-27-54)56-40-35-50(36-41-56)59-29-20-30-61-60-28-18-19-32-65(60)71-67(59)61/h4-5,7-46H,1,6H2,2-3H3/b5-4-,21-10-,31-17-. The van der Waals surface area contributed by atoms with Crippen molar-refractivity contribution in [3.8, 4) is 33.4 Å². The Hall–Kier alpha value is -8.50. The van der Waals surface area contributed by atoms with Crippen LogP contribution in [0.4, 0.5) is 34.1 Å². The van der Waals surface area contributed by atoms with E-state index in [1.165, 1.54) is 64.7 Å². The van der Waals surface area contributed by atoms with Crippen LogP contribution in [0.15, 0.2) is 273 Å². The summed E-state index contributed by atoms with van der Waals surface area (Å²) in [7, 11) is 0. The fraction of sp³-hybridized carbons (Fsp3) is 0.0588. The molecule has 0 atom stereocenters. The van der Waals surface area contributed by atoms with Crippen molar-refractivity contribution in [2.24, 2.45) is 0 Å². The minimum atomic E-state index is -0.193. The largest absolute Gasteiger partial charge is 0.310 e. The minimum absolute atomic E-state index is 0.193. The molecule has 71 heavy (non-hydrogen) atoms. The highest BCUT2D eigenvalue weighted by Gasteiger charge is 2.37. The monoisotopic (exact) mass is 928 g/mol. The molecule has 3 heteroatoms. The average Bonchev–Trinajstić information content (AvgIpc) is 3.91. The molecule has 2 nitrogen and oxygen atoms in total. The first-order valence-electron chi connectivity index (χ1n) is 24.5. The zero-order valence-corrected chi connectivity index (χ0v) is 40.8. The van der Waals surface area contributed by atoms with Crippen molar-refractivity contribution in [3.63, 3.8) is 0 Å². The predicted molar refractivity (Wildman–Crippen MR) is 306 cm³/mol. The van der Waals surface area contributed by atoms with Crippen LogP contribution in [0.1, 0.15) is 31.4 Å². The molecule has 0 spiro atoms. The lowest BCUT2D eigenvalue weighted by atomic mass is 9.80. The van der Waals surface area contributed by atoms with E-state index >= 15 is 0 Å². The third-order valence-electron chi connectivity index (χ3n) is 14.2. The number of thiophene rings is 1. The van der Waals surface area contributed by atoms with Crippen molar-refractivity contribution < 1.29 is 0 Å². The fourth-order valence-corrected chi connectivity index (χ4v) is 11.9. The minimum Gasteiger partial charge on any atom is -0.310 e. The quantitative estimate of drug-likeness (QED) is 0.142. The zero-order chi connectivity index (χ0) is 47.9. The second-order valence-corrected chi connectivity index (χ2v) is 20.0. The summed E-state index contributed by atoms with van der Waals surface area (Å²) in [5.41, 5.74) is 19.4. The van der Waals surface area contributed by atoms with E-state index in [1.807, 2.05) is 11.3 Å². The highest BCUT2D eigenvalue weighted by molar-refractivity contribution is 7.26. The summed E-state index contributed by atoms with van der Waals surface area (Å²) in [6, 6.07) is 79.9. The molecule has 12 rings (SSSR count). The molecule has 0 fully saturated rings. The fourth-order valence-electron chi connectivity index (χ4n) is 10.7.